The van der Waals surface area contributed by atoms with Gasteiger partial charge in [0.05, 0.1) is 0 Å². The van der Waals surface area contributed by atoms with Crippen molar-refractivity contribution in [3.8, 4) is 0 Å². The van der Waals surface area contributed by atoms with Crippen LogP contribution >= 0.6 is 12.6 Å². The number of thiol groups is 1. The van der Waals surface area contributed by atoms with E-state index in [1.54, 1.807) is 27.7 Å². The highest BCUT2D eigenvalue weighted by Crippen LogP contribution is 2.07. The van der Waals surface area contributed by atoms with Gasteiger partial charge >= 0.3 is 6.09 Å². The fraction of sp³-hybridized carbons (Fsp3) is 0.800. The zero-order chi connectivity index (χ0) is 12.1. The summed E-state index contributed by atoms with van der Waals surface area (Å²) in [6, 6.07) is -0.223. The van der Waals surface area contributed by atoms with Gasteiger partial charge in [0, 0.05) is 18.2 Å². The zero-order valence-corrected chi connectivity index (χ0v) is 10.6. The summed E-state index contributed by atoms with van der Waals surface area (Å²) in [6.07, 6.45) is -0.218. The third-order valence-electron chi connectivity index (χ3n) is 1.47. The van der Waals surface area contributed by atoms with Crippen molar-refractivity contribution >= 4 is 24.5 Å². The van der Waals surface area contributed by atoms with Crippen LogP contribution in [0, 0.1) is 0 Å². The molecule has 0 radical (unpaired) electrons. The van der Waals surface area contributed by atoms with Crippen molar-refractivity contribution in [1.29, 1.82) is 0 Å². The third kappa shape index (κ3) is 8.30. The average molecular weight is 233 g/mol. The van der Waals surface area contributed by atoms with Crippen LogP contribution in [0.2, 0.25) is 0 Å². The number of nitrogens with one attached hydrogen (secondary N) is 1. The van der Waals surface area contributed by atoms with Gasteiger partial charge in [-0.1, -0.05) is 0 Å². The summed E-state index contributed by atoms with van der Waals surface area (Å²) in [5, 5.41) is 2.59. The SMILES string of the molecule is CC(CC(=O)CS)NC(=O)OC(C)(C)C. The van der Waals surface area contributed by atoms with Gasteiger partial charge in [-0.2, -0.15) is 12.6 Å². The fourth-order valence-corrected chi connectivity index (χ4v) is 1.09. The van der Waals surface area contributed by atoms with Crippen LogP contribution < -0.4 is 5.32 Å². The molecule has 0 aromatic carbocycles. The predicted molar refractivity (Wildman–Crippen MR) is 62.3 cm³/mol. The van der Waals surface area contributed by atoms with Crippen LogP contribution in [0.4, 0.5) is 4.79 Å². The summed E-state index contributed by atoms with van der Waals surface area (Å²) in [7, 11) is 0. The van der Waals surface area contributed by atoms with E-state index < -0.39 is 11.7 Å². The third-order valence-corrected chi connectivity index (χ3v) is 1.83. The molecule has 0 aliphatic rings. The summed E-state index contributed by atoms with van der Waals surface area (Å²) in [5.74, 6) is 0.197. The van der Waals surface area contributed by atoms with E-state index in [0.29, 0.717) is 0 Å². The molecule has 4 nitrogen and oxygen atoms in total. The van der Waals surface area contributed by atoms with Gasteiger partial charge in [-0.3, -0.25) is 4.79 Å². The van der Waals surface area contributed by atoms with Crippen molar-refractivity contribution in [1.82, 2.24) is 5.32 Å². The molecule has 0 aromatic rings. The number of ether oxygens (including phenoxy) is 1. The Morgan fingerprint density at radius 2 is 1.93 bits per heavy atom. The van der Waals surface area contributed by atoms with Gasteiger partial charge in [0.25, 0.3) is 0 Å². The maximum absolute atomic E-state index is 11.3. The Morgan fingerprint density at radius 3 is 2.33 bits per heavy atom. The Bertz CT molecular complexity index is 235. The van der Waals surface area contributed by atoms with Crippen LogP contribution in [0.15, 0.2) is 0 Å². The van der Waals surface area contributed by atoms with Crippen LogP contribution in [-0.2, 0) is 9.53 Å². The molecule has 0 rings (SSSR count). The maximum atomic E-state index is 11.3. The van der Waals surface area contributed by atoms with Gasteiger partial charge in [-0.15, -0.1) is 0 Å². The fourth-order valence-electron chi connectivity index (χ4n) is 0.966. The Hall–Kier alpha value is -0.710. The number of Topliss-reactive ketones (excluding diaryl/α,β-unsaturated/α-hetero) is 1. The monoisotopic (exact) mass is 233 g/mol. The van der Waals surface area contributed by atoms with Crippen LogP contribution in [-0.4, -0.2) is 29.3 Å². The number of ketones is 1. The lowest BCUT2D eigenvalue weighted by atomic mass is 10.2. The summed E-state index contributed by atoms with van der Waals surface area (Å²) in [6.45, 7) is 7.12. The van der Waals surface area contributed by atoms with Crippen LogP contribution in [0.1, 0.15) is 34.1 Å². The second-order valence-electron chi connectivity index (χ2n) is 4.45. The summed E-state index contributed by atoms with van der Waals surface area (Å²) in [5.41, 5.74) is -0.517. The van der Waals surface area contributed by atoms with Gasteiger partial charge in [0.15, 0.2) is 0 Å². The molecular formula is C10H19NO3S. The lowest BCUT2D eigenvalue weighted by Gasteiger charge is -2.21. The predicted octanol–water partition coefficient (Wildman–Crippen LogP) is 1.79. The largest absolute Gasteiger partial charge is 0.444 e. The van der Waals surface area contributed by atoms with Crippen LogP contribution in [0.3, 0.4) is 0 Å². The standard InChI is InChI=1S/C10H19NO3S/c1-7(5-8(12)6-15)11-9(13)14-10(2,3)4/h7,15H,5-6H2,1-4H3,(H,11,13). The molecule has 0 heterocycles. The van der Waals surface area contributed by atoms with E-state index in [9.17, 15) is 9.59 Å². The van der Waals surface area contributed by atoms with Gasteiger partial charge in [-0.25, -0.2) is 4.79 Å². The molecule has 0 aromatic heterocycles. The quantitative estimate of drug-likeness (QED) is 0.728. The van der Waals surface area contributed by atoms with Crippen molar-refractivity contribution in [3.05, 3.63) is 0 Å². The summed E-state index contributed by atoms with van der Waals surface area (Å²) in [4.78, 5) is 22.3. The molecule has 0 aliphatic carbocycles. The first-order chi connectivity index (χ1) is 6.74. The van der Waals surface area contributed by atoms with Gasteiger partial charge < -0.3 is 10.1 Å². The molecule has 0 saturated carbocycles. The van der Waals surface area contributed by atoms with Crippen molar-refractivity contribution in [2.75, 3.05) is 5.75 Å². The number of carbonyl (C=O) groups excluding carboxylic acids is 2. The van der Waals surface area contributed by atoms with Crippen molar-refractivity contribution in [2.24, 2.45) is 0 Å². The Balaban J connectivity index is 3.92. The minimum absolute atomic E-state index is 0.00175. The van der Waals surface area contributed by atoms with E-state index in [0.717, 1.165) is 0 Å². The van der Waals surface area contributed by atoms with Gasteiger partial charge in [0.2, 0.25) is 0 Å². The van der Waals surface area contributed by atoms with E-state index in [2.05, 4.69) is 17.9 Å². The van der Waals surface area contributed by atoms with E-state index in [4.69, 9.17) is 4.74 Å². The lowest BCUT2D eigenvalue weighted by Crippen LogP contribution is -2.38. The molecule has 0 fully saturated rings. The number of alkyl carbamates (subject to hydrolysis) is 1. The molecular weight excluding hydrogens is 214 g/mol. The molecule has 5 heteroatoms. The lowest BCUT2D eigenvalue weighted by molar-refractivity contribution is -0.116. The maximum Gasteiger partial charge on any atom is 0.407 e. The number of amides is 1. The normalized spacial score (nSPS) is 13.1. The van der Waals surface area contributed by atoms with Gasteiger partial charge in [-0.05, 0) is 27.7 Å². The highest BCUT2D eigenvalue weighted by atomic mass is 32.1. The molecule has 0 saturated heterocycles. The number of hydrogen-bond acceptors (Lipinski definition) is 4. The van der Waals surface area contributed by atoms with Crippen LogP contribution in [0.25, 0.3) is 0 Å². The first-order valence-corrected chi connectivity index (χ1v) is 5.50. The van der Waals surface area contributed by atoms with E-state index in [1.807, 2.05) is 0 Å². The minimum Gasteiger partial charge on any atom is -0.444 e. The molecule has 88 valence electrons. The van der Waals surface area contributed by atoms with Crippen molar-refractivity contribution in [3.63, 3.8) is 0 Å². The topological polar surface area (TPSA) is 55.4 Å². The van der Waals surface area contributed by atoms with Crippen LogP contribution in [0.5, 0.6) is 0 Å². The zero-order valence-electron chi connectivity index (χ0n) is 9.66. The Kier molecular flexibility index (Phi) is 5.72. The minimum atomic E-state index is -0.517. The van der Waals surface area contributed by atoms with E-state index >= 15 is 0 Å². The first-order valence-electron chi connectivity index (χ1n) is 4.86. The summed E-state index contributed by atoms with van der Waals surface area (Å²) >= 11 is 3.86. The smallest absolute Gasteiger partial charge is 0.407 e. The van der Waals surface area contributed by atoms with Crippen molar-refractivity contribution < 1.29 is 14.3 Å². The molecule has 1 amide bonds. The number of carbonyl (C=O) groups is 2. The number of hydrogen-bond donors (Lipinski definition) is 2. The first kappa shape index (κ1) is 14.3. The molecule has 15 heavy (non-hydrogen) atoms. The molecule has 1 N–H and O–H groups in total. The molecule has 0 aliphatic heterocycles. The Morgan fingerprint density at radius 1 is 1.40 bits per heavy atom. The summed E-state index contributed by atoms with van der Waals surface area (Å²) < 4.78 is 5.04. The molecule has 0 spiro atoms. The second kappa shape index (κ2) is 6.00. The Labute approximate surface area is 96.2 Å². The van der Waals surface area contributed by atoms with E-state index in [1.165, 1.54) is 0 Å². The highest BCUT2D eigenvalue weighted by Gasteiger charge is 2.18. The van der Waals surface area contributed by atoms with E-state index in [-0.39, 0.29) is 24.0 Å². The second-order valence-corrected chi connectivity index (χ2v) is 4.76. The molecule has 1 atom stereocenters. The van der Waals surface area contributed by atoms with Crippen molar-refractivity contribution in [2.45, 2.75) is 45.8 Å². The van der Waals surface area contributed by atoms with Gasteiger partial charge in [0.1, 0.15) is 11.4 Å². The number of rotatable bonds is 4. The molecule has 0 bridgehead atoms. The highest BCUT2D eigenvalue weighted by molar-refractivity contribution is 7.81. The average Bonchev–Trinajstić information content (AvgIpc) is 1.99. The molecule has 1 unspecified atom stereocenters.